The Hall–Kier alpha value is -2.60. The third-order valence-corrected chi connectivity index (χ3v) is 5.66. The van der Waals surface area contributed by atoms with E-state index in [1.54, 1.807) is 5.38 Å². The van der Waals surface area contributed by atoms with Gasteiger partial charge in [-0.15, -0.1) is 11.3 Å². The van der Waals surface area contributed by atoms with Gasteiger partial charge in [0.15, 0.2) is 10.0 Å². The van der Waals surface area contributed by atoms with E-state index in [9.17, 15) is 19.5 Å². The first-order chi connectivity index (χ1) is 11.9. The average Bonchev–Trinajstić information content (AvgIpc) is 2.98. The van der Waals surface area contributed by atoms with Crippen LogP contribution in [0.15, 0.2) is 22.3 Å². The molecular formula is C13H13N5O5S2. The highest BCUT2D eigenvalue weighted by molar-refractivity contribution is 8.01. The highest BCUT2D eigenvalue weighted by Crippen LogP contribution is 2.50. The summed E-state index contributed by atoms with van der Waals surface area (Å²) in [6.07, 6.45) is 2.38. The Balaban J connectivity index is 2.06. The van der Waals surface area contributed by atoms with Crippen LogP contribution < -0.4 is 11.1 Å². The third kappa shape index (κ3) is 3.05. The van der Waals surface area contributed by atoms with Gasteiger partial charge in [0, 0.05) is 5.38 Å². The Bertz CT molecular complexity index is 806. The number of β-lactam (4-membered cyclic amide) rings is 1. The minimum absolute atomic E-state index is 0.165. The first-order valence-electron chi connectivity index (χ1n) is 6.92. The summed E-state index contributed by atoms with van der Waals surface area (Å²) in [5.74, 6) is -2.17. The number of thiazole rings is 1. The monoisotopic (exact) mass is 383 g/mol. The van der Waals surface area contributed by atoms with Crippen LogP contribution in [0, 0.1) is 0 Å². The first-order valence-corrected chi connectivity index (χ1v) is 8.68. The molecule has 25 heavy (non-hydrogen) atoms. The number of nitrogens with zero attached hydrogens (tertiary/aromatic N) is 3. The fraction of sp³-hybridized carbons (Fsp3) is 0.308. The van der Waals surface area contributed by atoms with E-state index in [0.29, 0.717) is 5.69 Å². The highest BCUT2D eigenvalue weighted by Gasteiger charge is 2.52. The van der Waals surface area contributed by atoms with E-state index in [4.69, 9.17) is 5.73 Å². The standard InChI is InChI=1S/C13H13N5O5S2/c1-23-15-4-8(19)17-13(7-5-24-12(14)16-7)3-6(11(21)22)18-9(20)2-10(18)25-13/h3-5,10H,2H2,1H3,(H2,14,16)(H,17,19)(H,21,22)/b15-4+/t10-,13?/m1/s1. The molecule has 0 radical (unpaired) electrons. The summed E-state index contributed by atoms with van der Waals surface area (Å²) >= 11 is 2.36. The van der Waals surface area contributed by atoms with Crippen LogP contribution in [-0.2, 0) is 24.1 Å². The van der Waals surface area contributed by atoms with E-state index in [2.05, 4.69) is 20.3 Å². The molecule has 0 spiro atoms. The van der Waals surface area contributed by atoms with Crippen molar-refractivity contribution in [1.82, 2.24) is 15.2 Å². The van der Waals surface area contributed by atoms with Crippen molar-refractivity contribution >= 4 is 52.2 Å². The topological polar surface area (TPSA) is 147 Å². The number of carbonyl (C=O) groups excluding carboxylic acids is 2. The van der Waals surface area contributed by atoms with Crippen molar-refractivity contribution in [3.63, 3.8) is 0 Å². The number of carbonyl (C=O) groups is 3. The van der Waals surface area contributed by atoms with Crippen LogP contribution in [0.3, 0.4) is 0 Å². The number of rotatable bonds is 5. The van der Waals surface area contributed by atoms with Gasteiger partial charge < -0.3 is 21.0 Å². The number of amides is 2. The van der Waals surface area contributed by atoms with Crippen LogP contribution in [0.25, 0.3) is 0 Å². The van der Waals surface area contributed by atoms with Gasteiger partial charge >= 0.3 is 5.97 Å². The molecule has 1 fully saturated rings. The molecule has 1 aromatic heterocycles. The van der Waals surface area contributed by atoms with E-state index < -0.39 is 22.1 Å². The molecule has 1 aromatic rings. The summed E-state index contributed by atoms with van der Waals surface area (Å²) in [6.45, 7) is 0. The van der Waals surface area contributed by atoms with Crippen LogP contribution in [0.5, 0.6) is 0 Å². The van der Waals surface area contributed by atoms with E-state index in [1.807, 2.05) is 0 Å². The Morgan fingerprint density at radius 2 is 2.40 bits per heavy atom. The molecule has 3 rings (SSSR count). The van der Waals surface area contributed by atoms with Crippen LogP contribution in [0.4, 0.5) is 5.13 Å². The second-order valence-electron chi connectivity index (χ2n) is 5.09. The number of nitrogens with two attached hydrogens (primary N) is 1. The maximum absolute atomic E-state index is 12.1. The van der Waals surface area contributed by atoms with Gasteiger partial charge in [-0.2, -0.15) is 0 Å². The van der Waals surface area contributed by atoms with Gasteiger partial charge in [0.25, 0.3) is 5.91 Å². The Morgan fingerprint density at radius 1 is 1.64 bits per heavy atom. The fourth-order valence-corrected chi connectivity index (χ4v) is 4.74. The zero-order valence-electron chi connectivity index (χ0n) is 12.8. The number of aromatic nitrogens is 1. The number of thioether (sulfide) groups is 1. The summed E-state index contributed by atoms with van der Waals surface area (Å²) in [5, 5.41) is 17.0. The number of anilines is 1. The number of nitrogen functional groups attached to an aromatic ring is 1. The number of fused-ring (bicyclic) bond motifs is 1. The van der Waals surface area contributed by atoms with Crippen LogP contribution in [0.1, 0.15) is 12.1 Å². The van der Waals surface area contributed by atoms with Crippen molar-refractivity contribution in [2.24, 2.45) is 5.16 Å². The van der Waals surface area contributed by atoms with Gasteiger partial charge in [-0.3, -0.25) is 14.5 Å². The average molecular weight is 383 g/mol. The van der Waals surface area contributed by atoms with E-state index in [1.165, 1.54) is 29.8 Å². The number of aliphatic carboxylic acids is 1. The molecule has 0 saturated carbocycles. The molecule has 2 aliphatic heterocycles. The van der Waals surface area contributed by atoms with Crippen LogP contribution in [0.2, 0.25) is 0 Å². The van der Waals surface area contributed by atoms with Crippen molar-refractivity contribution in [3.8, 4) is 0 Å². The molecule has 0 bridgehead atoms. The lowest BCUT2D eigenvalue weighted by atomic mass is 10.1. The number of carboxylic acid groups (broad SMARTS) is 1. The molecule has 2 aliphatic rings. The molecule has 12 heteroatoms. The van der Waals surface area contributed by atoms with Gasteiger partial charge in [0.2, 0.25) is 5.91 Å². The third-order valence-electron chi connectivity index (χ3n) is 3.53. The molecule has 2 amide bonds. The quantitative estimate of drug-likeness (QED) is 0.363. The SMILES string of the molecule is CO/N=C/C(=O)NC1(c2csc(N)n2)C=C(C(=O)O)N2C(=O)C[C@H]2S1. The van der Waals surface area contributed by atoms with Gasteiger partial charge in [0.05, 0.1) is 17.5 Å². The minimum atomic E-state index is -1.29. The predicted octanol–water partition coefficient (Wildman–Crippen LogP) is -0.0998. The van der Waals surface area contributed by atoms with Crippen LogP contribution in [-0.4, -0.2) is 51.5 Å². The van der Waals surface area contributed by atoms with Crippen molar-refractivity contribution in [2.75, 3.05) is 12.8 Å². The minimum Gasteiger partial charge on any atom is -0.477 e. The first kappa shape index (κ1) is 17.2. The molecule has 1 saturated heterocycles. The molecular weight excluding hydrogens is 370 g/mol. The van der Waals surface area contributed by atoms with Crippen molar-refractivity contribution in [3.05, 3.63) is 22.8 Å². The Labute approximate surface area is 149 Å². The zero-order chi connectivity index (χ0) is 18.2. The van der Waals surface area contributed by atoms with E-state index >= 15 is 0 Å². The largest absolute Gasteiger partial charge is 0.477 e. The number of hydrogen-bond donors (Lipinski definition) is 3. The predicted molar refractivity (Wildman–Crippen MR) is 90.4 cm³/mol. The second-order valence-corrected chi connectivity index (χ2v) is 7.40. The molecule has 4 N–H and O–H groups in total. The van der Waals surface area contributed by atoms with Gasteiger partial charge in [-0.1, -0.05) is 16.9 Å². The van der Waals surface area contributed by atoms with E-state index in [0.717, 1.165) is 17.6 Å². The van der Waals surface area contributed by atoms with Crippen molar-refractivity contribution in [2.45, 2.75) is 16.7 Å². The number of oxime groups is 1. The lowest BCUT2D eigenvalue weighted by Gasteiger charge is -2.48. The van der Waals surface area contributed by atoms with Crippen molar-refractivity contribution in [1.29, 1.82) is 0 Å². The van der Waals surface area contributed by atoms with E-state index in [-0.39, 0.29) is 23.2 Å². The molecule has 132 valence electrons. The lowest BCUT2D eigenvalue weighted by molar-refractivity contribution is -0.146. The molecule has 3 heterocycles. The maximum atomic E-state index is 12.1. The summed E-state index contributed by atoms with van der Waals surface area (Å²) in [4.78, 5) is 44.0. The number of hydrogen-bond acceptors (Lipinski definition) is 9. The Morgan fingerprint density at radius 3 is 2.96 bits per heavy atom. The molecule has 2 atom stereocenters. The summed E-state index contributed by atoms with van der Waals surface area (Å²) in [6, 6.07) is 0. The number of nitrogens with one attached hydrogen (secondary N) is 1. The van der Waals surface area contributed by atoms with Crippen LogP contribution >= 0.6 is 23.1 Å². The summed E-state index contributed by atoms with van der Waals surface area (Å²) in [5.41, 5.74) is 5.84. The highest BCUT2D eigenvalue weighted by atomic mass is 32.2. The maximum Gasteiger partial charge on any atom is 0.352 e. The second kappa shape index (κ2) is 6.37. The lowest BCUT2D eigenvalue weighted by Crippen LogP contribution is -2.59. The van der Waals surface area contributed by atoms with Gasteiger partial charge in [-0.25, -0.2) is 9.78 Å². The Kier molecular flexibility index (Phi) is 4.39. The molecule has 1 unspecified atom stereocenters. The molecule has 0 aliphatic carbocycles. The summed E-state index contributed by atoms with van der Waals surface area (Å²) in [7, 11) is 1.29. The smallest absolute Gasteiger partial charge is 0.352 e. The zero-order valence-corrected chi connectivity index (χ0v) is 14.5. The van der Waals surface area contributed by atoms with Crippen molar-refractivity contribution < 1.29 is 24.3 Å². The fourth-order valence-electron chi connectivity index (χ4n) is 2.48. The molecule has 10 nitrogen and oxygen atoms in total. The number of carboxylic acids is 1. The van der Waals surface area contributed by atoms with Gasteiger partial charge in [-0.05, 0) is 6.08 Å². The normalized spacial score (nSPS) is 25.2. The summed E-state index contributed by atoms with van der Waals surface area (Å²) < 4.78 is 0. The van der Waals surface area contributed by atoms with Gasteiger partial charge in [0.1, 0.15) is 19.0 Å². The molecule has 0 aromatic carbocycles.